The van der Waals surface area contributed by atoms with Crippen molar-refractivity contribution in [3.63, 3.8) is 0 Å². The molecule has 0 radical (unpaired) electrons. The van der Waals surface area contributed by atoms with Crippen LogP contribution in [-0.2, 0) is 0 Å². The van der Waals surface area contributed by atoms with Gasteiger partial charge >= 0.3 is 0 Å². The van der Waals surface area contributed by atoms with Crippen molar-refractivity contribution in [3.8, 4) is 17.2 Å². The standard InChI is InChI=1S/C21H22FNO3/c1-13-20(14-4-6-15(22)7-5-14)16-10-18-19(25-12-24-18)11-17(16)26-21(13)23-8-2-3-9-23/h4-7,10-11,13,20-21H,2-3,8-9,12H2,1H3/t13-,20-,21+/m1/s1. The van der Waals surface area contributed by atoms with E-state index >= 15 is 0 Å². The second-order valence-corrected chi connectivity index (χ2v) is 7.38. The Labute approximate surface area is 152 Å². The average molecular weight is 355 g/mol. The van der Waals surface area contributed by atoms with Gasteiger partial charge in [0.2, 0.25) is 6.79 Å². The van der Waals surface area contributed by atoms with E-state index in [0.717, 1.165) is 41.5 Å². The van der Waals surface area contributed by atoms with Gasteiger partial charge < -0.3 is 14.2 Å². The summed E-state index contributed by atoms with van der Waals surface area (Å²) in [5.41, 5.74) is 2.19. The lowest BCUT2D eigenvalue weighted by atomic mass is 9.78. The maximum Gasteiger partial charge on any atom is 0.231 e. The summed E-state index contributed by atoms with van der Waals surface area (Å²) in [4.78, 5) is 2.43. The summed E-state index contributed by atoms with van der Waals surface area (Å²) in [7, 11) is 0. The molecule has 2 aromatic rings. The molecule has 0 spiro atoms. The molecule has 0 aromatic heterocycles. The van der Waals surface area contributed by atoms with Crippen LogP contribution in [0.2, 0.25) is 0 Å². The van der Waals surface area contributed by atoms with Gasteiger partial charge in [-0.1, -0.05) is 19.1 Å². The first-order valence-electron chi connectivity index (χ1n) is 9.30. The number of nitrogens with zero attached hydrogens (tertiary/aromatic N) is 1. The Morgan fingerprint density at radius 3 is 2.38 bits per heavy atom. The highest BCUT2D eigenvalue weighted by molar-refractivity contribution is 5.56. The highest BCUT2D eigenvalue weighted by Gasteiger charge is 2.41. The molecule has 3 heterocycles. The number of fused-ring (bicyclic) bond motifs is 2. The molecule has 3 aliphatic heterocycles. The van der Waals surface area contributed by atoms with Crippen molar-refractivity contribution >= 4 is 0 Å². The third-order valence-electron chi connectivity index (χ3n) is 5.79. The second kappa shape index (κ2) is 6.16. The summed E-state index contributed by atoms with van der Waals surface area (Å²) in [6, 6.07) is 10.8. The van der Waals surface area contributed by atoms with E-state index in [4.69, 9.17) is 14.2 Å². The molecule has 0 aliphatic carbocycles. The van der Waals surface area contributed by atoms with E-state index in [1.165, 1.54) is 25.0 Å². The van der Waals surface area contributed by atoms with Crippen molar-refractivity contribution in [2.24, 2.45) is 5.92 Å². The van der Waals surface area contributed by atoms with E-state index < -0.39 is 0 Å². The summed E-state index contributed by atoms with van der Waals surface area (Å²) in [5, 5.41) is 0. The van der Waals surface area contributed by atoms with Crippen LogP contribution in [0.15, 0.2) is 36.4 Å². The first-order valence-corrected chi connectivity index (χ1v) is 9.30. The quantitative estimate of drug-likeness (QED) is 0.810. The van der Waals surface area contributed by atoms with Crippen molar-refractivity contribution in [1.29, 1.82) is 0 Å². The highest BCUT2D eigenvalue weighted by atomic mass is 19.1. The predicted octanol–water partition coefficient (Wildman–Crippen LogP) is 4.14. The molecule has 0 saturated carbocycles. The summed E-state index contributed by atoms with van der Waals surface area (Å²) >= 11 is 0. The molecule has 26 heavy (non-hydrogen) atoms. The van der Waals surface area contributed by atoms with Gasteiger partial charge in [-0.15, -0.1) is 0 Å². The lowest BCUT2D eigenvalue weighted by molar-refractivity contribution is -0.0178. The normalized spacial score (nSPS) is 27.2. The van der Waals surface area contributed by atoms with Crippen LogP contribution in [0.25, 0.3) is 0 Å². The molecular weight excluding hydrogens is 333 g/mol. The zero-order valence-corrected chi connectivity index (χ0v) is 14.8. The Morgan fingerprint density at radius 1 is 0.962 bits per heavy atom. The minimum atomic E-state index is -0.213. The molecule has 1 fully saturated rings. The van der Waals surface area contributed by atoms with Gasteiger partial charge in [0.05, 0.1) is 0 Å². The minimum Gasteiger partial charge on any atom is -0.474 e. The zero-order valence-electron chi connectivity index (χ0n) is 14.8. The van der Waals surface area contributed by atoms with Crippen LogP contribution >= 0.6 is 0 Å². The zero-order chi connectivity index (χ0) is 17.7. The Kier molecular flexibility index (Phi) is 3.78. The van der Waals surface area contributed by atoms with Gasteiger partial charge in [-0.25, -0.2) is 4.39 Å². The van der Waals surface area contributed by atoms with Crippen molar-refractivity contribution in [1.82, 2.24) is 4.90 Å². The Bertz CT molecular complexity index is 817. The van der Waals surface area contributed by atoms with Crippen LogP contribution in [-0.4, -0.2) is 31.0 Å². The van der Waals surface area contributed by atoms with Crippen molar-refractivity contribution < 1.29 is 18.6 Å². The molecular formula is C21H22FNO3. The van der Waals surface area contributed by atoms with E-state index in [-0.39, 0.29) is 30.7 Å². The van der Waals surface area contributed by atoms with E-state index in [1.807, 2.05) is 24.3 Å². The van der Waals surface area contributed by atoms with Crippen LogP contribution in [0.5, 0.6) is 17.2 Å². The number of hydrogen-bond acceptors (Lipinski definition) is 4. The van der Waals surface area contributed by atoms with Gasteiger partial charge in [0.1, 0.15) is 11.6 Å². The summed E-state index contributed by atoms with van der Waals surface area (Å²) in [6.07, 6.45) is 2.43. The number of halogens is 1. The summed E-state index contributed by atoms with van der Waals surface area (Å²) in [5.74, 6) is 2.49. The van der Waals surface area contributed by atoms with E-state index in [1.54, 1.807) is 0 Å². The SMILES string of the molecule is C[C@@H]1[C@H](c2ccc(F)cc2)c2cc3c(cc2O[C@@H]1N1CCCC1)OCO3. The largest absolute Gasteiger partial charge is 0.474 e. The van der Waals surface area contributed by atoms with Crippen LogP contribution in [0, 0.1) is 11.7 Å². The van der Waals surface area contributed by atoms with Gasteiger partial charge in [-0.3, -0.25) is 4.90 Å². The number of hydrogen-bond donors (Lipinski definition) is 0. The number of rotatable bonds is 2. The van der Waals surface area contributed by atoms with Gasteiger partial charge in [0.15, 0.2) is 17.7 Å². The molecule has 2 aromatic carbocycles. The van der Waals surface area contributed by atoms with Gasteiger partial charge in [-0.05, 0) is 36.6 Å². The molecule has 5 rings (SSSR count). The number of benzene rings is 2. The van der Waals surface area contributed by atoms with Crippen LogP contribution in [0.1, 0.15) is 36.8 Å². The average Bonchev–Trinajstić information content (AvgIpc) is 3.32. The van der Waals surface area contributed by atoms with Crippen molar-refractivity contribution in [2.75, 3.05) is 19.9 Å². The number of likely N-dealkylation sites (tertiary alicyclic amines) is 1. The highest BCUT2D eigenvalue weighted by Crippen LogP contribution is 2.49. The van der Waals surface area contributed by atoms with Crippen molar-refractivity contribution in [3.05, 3.63) is 53.3 Å². The third-order valence-corrected chi connectivity index (χ3v) is 5.79. The maximum atomic E-state index is 13.5. The summed E-state index contributed by atoms with van der Waals surface area (Å²) < 4.78 is 31.0. The Morgan fingerprint density at radius 2 is 1.65 bits per heavy atom. The lowest BCUT2D eigenvalue weighted by Crippen LogP contribution is -2.46. The molecule has 4 nitrogen and oxygen atoms in total. The van der Waals surface area contributed by atoms with Gasteiger partial charge in [-0.2, -0.15) is 0 Å². The molecule has 0 bridgehead atoms. The summed E-state index contributed by atoms with van der Waals surface area (Å²) in [6.45, 7) is 4.59. The minimum absolute atomic E-state index is 0.0143. The molecule has 136 valence electrons. The molecule has 0 unspecified atom stereocenters. The molecule has 3 aliphatic rings. The Balaban J connectivity index is 1.62. The van der Waals surface area contributed by atoms with Crippen LogP contribution < -0.4 is 14.2 Å². The van der Waals surface area contributed by atoms with Gasteiger partial charge in [0.25, 0.3) is 0 Å². The fourth-order valence-corrected chi connectivity index (χ4v) is 4.53. The topological polar surface area (TPSA) is 30.9 Å². The third kappa shape index (κ3) is 2.53. The Hall–Kier alpha value is -2.27. The maximum absolute atomic E-state index is 13.5. The van der Waals surface area contributed by atoms with Crippen LogP contribution in [0.3, 0.4) is 0 Å². The second-order valence-electron chi connectivity index (χ2n) is 7.38. The fourth-order valence-electron chi connectivity index (χ4n) is 4.53. The molecule has 3 atom stereocenters. The van der Waals surface area contributed by atoms with Crippen LogP contribution in [0.4, 0.5) is 4.39 Å². The molecule has 0 amide bonds. The fraction of sp³-hybridized carbons (Fsp3) is 0.429. The lowest BCUT2D eigenvalue weighted by Gasteiger charge is -2.42. The number of ether oxygens (including phenoxy) is 3. The van der Waals surface area contributed by atoms with E-state index in [9.17, 15) is 4.39 Å². The first kappa shape index (κ1) is 15.9. The van der Waals surface area contributed by atoms with E-state index in [2.05, 4.69) is 11.8 Å². The molecule has 0 N–H and O–H groups in total. The van der Waals surface area contributed by atoms with E-state index in [0.29, 0.717) is 0 Å². The molecule has 5 heteroatoms. The first-order chi connectivity index (χ1) is 12.7. The monoisotopic (exact) mass is 355 g/mol. The van der Waals surface area contributed by atoms with Gasteiger partial charge in [0, 0.05) is 36.6 Å². The smallest absolute Gasteiger partial charge is 0.231 e. The van der Waals surface area contributed by atoms with Crippen molar-refractivity contribution in [2.45, 2.75) is 31.9 Å². The predicted molar refractivity (Wildman–Crippen MR) is 95.2 cm³/mol. The molecule has 1 saturated heterocycles.